The highest BCUT2D eigenvalue weighted by molar-refractivity contribution is 5.91. The van der Waals surface area contributed by atoms with Crippen molar-refractivity contribution in [3.63, 3.8) is 0 Å². The molecule has 2 aromatic heterocycles. The monoisotopic (exact) mass is 307 g/mol. The highest BCUT2D eigenvalue weighted by Gasteiger charge is 2.41. The molecule has 3 N–H and O–H groups in total. The number of nitrogens with zero attached hydrogens (tertiary/aromatic N) is 2. The van der Waals surface area contributed by atoms with E-state index in [1.807, 2.05) is 0 Å². The molecule has 0 spiro atoms. The van der Waals surface area contributed by atoms with Gasteiger partial charge >= 0.3 is 0 Å². The summed E-state index contributed by atoms with van der Waals surface area (Å²) in [5, 5.41) is 8.25. The summed E-state index contributed by atoms with van der Waals surface area (Å²) < 4.78 is 0. The van der Waals surface area contributed by atoms with E-state index < -0.39 is 0 Å². The smallest absolute Gasteiger partial charge is 0.143 e. The molecule has 1 atom stereocenters. The minimum absolute atomic E-state index is 0. The van der Waals surface area contributed by atoms with E-state index in [0.717, 1.165) is 24.6 Å². The minimum atomic E-state index is 0. The zero-order valence-corrected chi connectivity index (χ0v) is 13.1. The number of rotatable bonds is 3. The number of fused-ring (bicyclic) bond motifs is 1. The van der Waals surface area contributed by atoms with Crippen LogP contribution in [0.3, 0.4) is 0 Å². The van der Waals surface area contributed by atoms with E-state index in [1.54, 1.807) is 6.33 Å². The third-order valence-corrected chi connectivity index (χ3v) is 4.76. The molecule has 2 aromatic rings. The van der Waals surface area contributed by atoms with E-state index in [2.05, 4.69) is 38.7 Å². The number of aromatic amines is 1. The van der Waals surface area contributed by atoms with Gasteiger partial charge in [0.25, 0.3) is 0 Å². The molecule has 5 nitrogen and oxygen atoms in total. The van der Waals surface area contributed by atoms with Gasteiger partial charge in [-0.25, -0.2) is 9.97 Å². The first-order valence-electron chi connectivity index (χ1n) is 7.56. The van der Waals surface area contributed by atoms with Crippen LogP contribution < -0.4 is 10.6 Å². The van der Waals surface area contributed by atoms with Gasteiger partial charge in [-0.2, -0.15) is 0 Å². The van der Waals surface area contributed by atoms with Crippen LogP contribution in [0.25, 0.3) is 11.0 Å². The Bertz CT molecular complexity index is 628. The molecule has 2 fully saturated rings. The Morgan fingerprint density at radius 3 is 2.90 bits per heavy atom. The average molecular weight is 308 g/mol. The Hall–Kier alpha value is -1.33. The summed E-state index contributed by atoms with van der Waals surface area (Å²) >= 11 is 0. The van der Waals surface area contributed by atoms with Gasteiger partial charge < -0.3 is 15.6 Å². The Balaban J connectivity index is 0.00000132. The lowest BCUT2D eigenvalue weighted by Gasteiger charge is -2.24. The number of nitrogens with one attached hydrogen (secondary N) is 3. The van der Waals surface area contributed by atoms with Gasteiger partial charge in [0.2, 0.25) is 0 Å². The first-order valence-corrected chi connectivity index (χ1v) is 7.56. The quantitative estimate of drug-likeness (QED) is 0.815. The molecule has 0 radical (unpaired) electrons. The summed E-state index contributed by atoms with van der Waals surface area (Å²) in [5.74, 6) is 0.994. The first kappa shape index (κ1) is 14.6. The van der Waals surface area contributed by atoms with Crippen LogP contribution in [0.1, 0.15) is 38.2 Å². The van der Waals surface area contributed by atoms with Crippen LogP contribution in [0, 0.1) is 0 Å². The molecule has 1 aliphatic carbocycles. The van der Waals surface area contributed by atoms with Crippen LogP contribution in [0.15, 0.2) is 12.5 Å². The molecule has 6 heteroatoms. The normalized spacial score (nSPS) is 23.6. The SMILES string of the molecule is CC1(c2c[nH]c3ncnc(N[C@@H]4CCCNC4)c23)CC1.Cl. The van der Waals surface area contributed by atoms with E-state index >= 15 is 0 Å². The van der Waals surface area contributed by atoms with E-state index in [1.165, 1.54) is 36.6 Å². The number of anilines is 1. The van der Waals surface area contributed by atoms with E-state index in [-0.39, 0.29) is 12.4 Å². The molecule has 0 aromatic carbocycles. The second kappa shape index (κ2) is 5.46. The van der Waals surface area contributed by atoms with E-state index in [4.69, 9.17) is 0 Å². The topological polar surface area (TPSA) is 65.6 Å². The molecule has 3 heterocycles. The maximum atomic E-state index is 4.51. The number of hydrogen-bond donors (Lipinski definition) is 3. The molecular formula is C15H22ClN5. The van der Waals surface area contributed by atoms with Gasteiger partial charge in [0.15, 0.2) is 0 Å². The number of hydrogen-bond acceptors (Lipinski definition) is 4. The highest BCUT2D eigenvalue weighted by atomic mass is 35.5. The van der Waals surface area contributed by atoms with Crippen LogP contribution in [0.2, 0.25) is 0 Å². The number of halogens is 1. The maximum absolute atomic E-state index is 4.51. The number of piperidine rings is 1. The molecular weight excluding hydrogens is 286 g/mol. The summed E-state index contributed by atoms with van der Waals surface area (Å²) in [5.41, 5.74) is 2.65. The van der Waals surface area contributed by atoms with Crippen LogP contribution >= 0.6 is 12.4 Å². The molecule has 2 aliphatic rings. The van der Waals surface area contributed by atoms with Crippen molar-refractivity contribution in [3.8, 4) is 0 Å². The van der Waals surface area contributed by atoms with Crippen LogP contribution in [0.4, 0.5) is 5.82 Å². The molecule has 114 valence electrons. The molecule has 0 bridgehead atoms. The van der Waals surface area contributed by atoms with Crippen molar-refractivity contribution in [1.82, 2.24) is 20.3 Å². The Kier molecular flexibility index (Phi) is 3.80. The largest absolute Gasteiger partial charge is 0.365 e. The summed E-state index contributed by atoms with van der Waals surface area (Å²) in [6, 6.07) is 0.469. The third kappa shape index (κ3) is 2.60. The number of H-pyrrole nitrogens is 1. The van der Waals surface area contributed by atoms with Crippen molar-refractivity contribution in [2.75, 3.05) is 18.4 Å². The zero-order chi connectivity index (χ0) is 13.6. The van der Waals surface area contributed by atoms with Crippen LogP contribution in [-0.4, -0.2) is 34.1 Å². The van der Waals surface area contributed by atoms with Gasteiger partial charge in [-0.05, 0) is 43.2 Å². The average Bonchev–Trinajstić information content (AvgIpc) is 3.05. The Morgan fingerprint density at radius 2 is 2.19 bits per heavy atom. The van der Waals surface area contributed by atoms with Crippen LogP contribution in [-0.2, 0) is 5.41 Å². The molecule has 0 unspecified atom stereocenters. The second-order valence-corrected chi connectivity index (χ2v) is 6.40. The highest BCUT2D eigenvalue weighted by Crippen LogP contribution is 2.50. The molecule has 0 amide bonds. The van der Waals surface area contributed by atoms with E-state index in [0.29, 0.717) is 11.5 Å². The van der Waals surface area contributed by atoms with E-state index in [9.17, 15) is 0 Å². The van der Waals surface area contributed by atoms with Crippen molar-refractivity contribution in [3.05, 3.63) is 18.1 Å². The van der Waals surface area contributed by atoms with Crippen molar-refractivity contribution in [2.24, 2.45) is 0 Å². The fourth-order valence-electron chi connectivity index (χ4n) is 3.17. The summed E-state index contributed by atoms with van der Waals surface area (Å²) in [6.07, 6.45) is 8.73. The predicted molar refractivity (Wildman–Crippen MR) is 87.2 cm³/mol. The van der Waals surface area contributed by atoms with Gasteiger partial charge in [-0.3, -0.25) is 0 Å². The standard InChI is InChI=1S/C15H21N5.ClH/c1-15(4-5-15)11-8-17-13-12(11)14(19-9-18-13)20-10-3-2-6-16-7-10;/h8-10,16H,2-7H2,1H3,(H2,17,18,19,20);1H/t10-;/m1./s1. The molecule has 21 heavy (non-hydrogen) atoms. The number of aromatic nitrogens is 3. The predicted octanol–water partition coefficient (Wildman–Crippen LogP) is 2.60. The lowest BCUT2D eigenvalue weighted by molar-refractivity contribution is 0.479. The van der Waals surface area contributed by atoms with Gasteiger partial charge in [-0.1, -0.05) is 6.92 Å². The molecule has 1 aliphatic heterocycles. The fraction of sp³-hybridized carbons (Fsp3) is 0.600. The minimum Gasteiger partial charge on any atom is -0.365 e. The van der Waals surface area contributed by atoms with Gasteiger partial charge in [-0.15, -0.1) is 12.4 Å². The molecule has 4 rings (SSSR count). The first-order chi connectivity index (χ1) is 9.76. The molecule has 1 saturated carbocycles. The Morgan fingerprint density at radius 1 is 1.33 bits per heavy atom. The van der Waals surface area contributed by atoms with Crippen molar-refractivity contribution in [2.45, 2.75) is 44.1 Å². The Labute approximate surface area is 130 Å². The van der Waals surface area contributed by atoms with Gasteiger partial charge in [0, 0.05) is 18.8 Å². The van der Waals surface area contributed by atoms with Crippen molar-refractivity contribution >= 4 is 29.3 Å². The van der Waals surface area contributed by atoms with Crippen molar-refractivity contribution in [1.29, 1.82) is 0 Å². The molecule has 1 saturated heterocycles. The lowest BCUT2D eigenvalue weighted by Crippen LogP contribution is -2.38. The lowest BCUT2D eigenvalue weighted by atomic mass is 9.98. The maximum Gasteiger partial charge on any atom is 0.143 e. The third-order valence-electron chi connectivity index (χ3n) is 4.76. The van der Waals surface area contributed by atoms with Crippen LogP contribution in [0.5, 0.6) is 0 Å². The van der Waals surface area contributed by atoms with Crippen molar-refractivity contribution < 1.29 is 0 Å². The van der Waals surface area contributed by atoms with Gasteiger partial charge in [0.05, 0.1) is 5.39 Å². The summed E-state index contributed by atoms with van der Waals surface area (Å²) in [4.78, 5) is 12.2. The summed E-state index contributed by atoms with van der Waals surface area (Å²) in [7, 11) is 0. The summed E-state index contributed by atoms with van der Waals surface area (Å²) in [6.45, 7) is 4.47. The fourth-order valence-corrected chi connectivity index (χ4v) is 3.17. The zero-order valence-electron chi connectivity index (χ0n) is 12.3. The van der Waals surface area contributed by atoms with Gasteiger partial charge in [0.1, 0.15) is 17.8 Å². The second-order valence-electron chi connectivity index (χ2n) is 6.40.